The molecule has 2 heterocycles. The molecule has 1 fully saturated rings. The maximum absolute atomic E-state index is 13.7. The van der Waals surface area contributed by atoms with Gasteiger partial charge in [0.05, 0.1) is 33.9 Å². The van der Waals surface area contributed by atoms with E-state index in [1.54, 1.807) is 23.1 Å². The van der Waals surface area contributed by atoms with Crippen LogP contribution >= 0.6 is 22.9 Å². The van der Waals surface area contributed by atoms with Gasteiger partial charge < -0.3 is 4.74 Å². The van der Waals surface area contributed by atoms with Gasteiger partial charge in [-0.25, -0.2) is 13.4 Å². The predicted octanol–water partition coefficient (Wildman–Crippen LogP) is 3.64. The highest BCUT2D eigenvalue weighted by molar-refractivity contribution is 7.90. The largest absolute Gasteiger partial charge is 0.379 e. The van der Waals surface area contributed by atoms with Gasteiger partial charge in [0.1, 0.15) is 0 Å². The molecule has 1 aliphatic heterocycles. The van der Waals surface area contributed by atoms with E-state index >= 15 is 0 Å². The van der Waals surface area contributed by atoms with E-state index in [1.807, 2.05) is 19.1 Å². The topological polar surface area (TPSA) is 79.8 Å². The summed E-state index contributed by atoms with van der Waals surface area (Å²) in [5.74, 6) is -0.387. The Hall–Kier alpha value is -2.04. The fourth-order valence-electron chi connectivity index (χ4n) is 3.67. The smallest absolute Gasteiger partial charge is 0.261 e. The Morgan fingerprint density at radius 3 is 2.66 bits per heavy atom. The molecule has 0 N–H and O–H groups in total. The normalized spacial score (nSPS) is 15.2. The minimum absolute atomic E-state index is 0.0155. The molecule has 0 unspecified atom stereocenters. The number of carbonyl (C=O) groups is 1. The molecule has 0 spiro atoms. The van der Waals surface area contributed by atoms with Crippen molar-refractivity contribution in [3.8, 4) is 0 Å². The number of nitrogens with zero attached hydrogens (tertiary/aromatic N) is 3. The van der Waals surface area contributed by atoms with Crippen molar-refractivity contribution >= 4 is 54.0 Å². The molecule has 3 aromatic rings. The molecule has 32 heavy (non-hydrogen) atoms. The molecular formula is C22H24ClN3O4S2. The molecule has 1 aromatic heterocycles. The lowest BCUT2D eigenvalue weighted by Gasteiger charge is -2.29. The lowest BCUT2D eigenvalue weighted by molar-refractivity contribution is 0.0391. The maximum atomic E-state index is 13.7. The number of fused-ring (bicyclic) bond motifs is 1. The van der Waals surface area contributed by atoms with E-state index < -0.39 is 9.84 Å². The molecule has 1 saturated heterocycles. The van der Waals surface area contributed by atoms with Crippen molar-refractivity contribution in [1.82, 2.24) is 9.88 Å². The van der Waals surface area contributed by atoms with Crippen molar-refractivity contribution in [3.63, 3.8) is 0 Å². The highest BCUT2D eigenvalue weighted by Gasteiger charge is 2.27. The molecular weight excluding hydrogens is 470 g/mol. The van der Waals surface area contributed by atoms with Gasteiger partial charge in [-0.15, -0.1) is 0 Å². The Morgan fingerprint density at radius 1 is 1.22 bits per heavy atom. The molecule has 0 atom stereocenters. The number of amides is 1. The second kappa shape index (κ2) is 9.44. The second-order valence-electron chi connectivity index (χ2n) is 7.69. The van der Waals surface area contributed by atoms with Crippen LogP contribution in [0.5, 0.6) is 0 Å². The van der Waals surface area contributed by atoms with Gasteiger partial charge in [-0.2, -0.15) is 0 Å². The highest BCUT2D eigenvalue weighted by atomic mass is 35.5. The number of morpholine rings is 1. The maximum Gasteiger partial charge on any atom is 0.261 e. The van der Waals surface area contributed by atoms with Crippen molar-refractivity contribution < 1.29 is 17.9 Å². The molecule has 170 valence electrons. The molecule has 2 aromatic carbocycles. The summed E-state index contributed by atoms with van der Waals surface area (Å²) >= 11 is 7.66. The van der Waals surface area contributed by atoms with Gasteiger partial charge in [-0.3, -0.25) is 14.6 Å². The Bertz CT molecular complexity index is 1250. The minimum atomic E-state index is -3.58. The standard InChI is InChI=1S/C22H24ClN3O4S2/c1-15-17(23)7-8-18-20(15)24-22(31-18)26(10-9-25-11-13-30-14-12-25)21(27)16-5-3-4-6-19(16)32(2,28)29/h3-8H,9-14H2,1-2H3. The van der Waals surface area contributed by atoms with E-state index in [0.717, 1.165) is 35.1 Å². The summed E-state index contributed by atoms with van der Waals surface area (Å²) in [4.78, 5) is 22.2. The number of hydrogen-bond acceptors (Lipinski definition) is 7. The summed E-state index contributed by atoms with van der Waals surface area (Å²) in [6.07, 6.45) is 1.11. The van der Waals surface area contributed by atoms with Crippen LogP contribution in [0.1, 0.15) is 15.9 Å². The lowest BCUT2D eigenvalue weighted by Crippen LogP contribution is -2.43. The number of hydrogen-bond donors (Lipinski definition) is 0. The van der Waals surface area contributed by atoms with E-state index in [2.05, 4.69) is 4.90 Å². The highest BCUT2D eigenvalue weighted by Crippen LogP contribution is 2.34. The zero-order chi connectivity index (χ0) is 22.9. The first kappa shape index (κ1) is 23.1. The van der Waals surface area contributed by atoms with Crippen LogP contribution in [0.25, 0.3) is 10.2 Å². The number of carbonyl (C=O) groups excluding carboxylic acids is 1. The number of ether oxygens (including phenoxy) is 1. The first-order chi connectivity index (χ1) is 15.3. The number of aryl methyl sites for hydroxylation is 1. The van der Waals surface area contributed by atoms with E-state index in [1.165, 1.54) is 17.4 Å². The fraction of sp³-hybridized carbons (Fsp3) is 0.364. The summed E-state index contributed by atoms with van der Waals surface area (Å²) in [6, 6.07) is 10.0. The summed E-state index contributed by atoms with van der Waals surface area (Å²) < 4.78 is 31.0. The van der Waals surface area contributed by atoms with Crippen molar-refractivity contribution in [2.45, 2.75) is 11.8 Å². The van der Waals surface area contributed by atoms with Crippen LogP contribution in [0.2, 0.25) is 5.02 Å². The zero-order valence-electron chi connectivity index (χ0n) is 17.9. The van der Waals surface area contributed by atoms with Gasteiger partial charge in [0.2, 0.25) is 0 Å². The van der Waals surface area contributed by atoms with Crippen molar-refractivity contribution in [1.29, 1.82) is 0 Å². The average molecular weight is 494 g/mol. The van der Waals surface area contributed by atoms with Gasteiger partial charge in [0, 0.05) is 37.5 Å². The van der Waals surface area contributed by atoms with E-state index in [0.29, 0.717) is 36.5 Å². The third kappa shape index (κ3) is 4.82. The molecule has 10 heteroatoms. The van der Waals surface area contributed by atoms with E-state index in [-0.39, 0.29) is 16.4 Å². The minimum Gasteiger partial charge on any atom is -0.379 e. The molecule has 0 bridgehead atoms. The van der Waals surface area contributed by atoms with Gasteiger partial charge in [-0.05, 0) is 36.8 Å². The Morgan fingerprint density at radius 2 is 1.94 bits per heavy atom. The Kier molecular flexibility index (Phi) is 6.83. The van der Waals surface area contributed by atoms with Gasteiger partial charge in [-0.1, -0.05) is 35.1 Å². The second-order valence-corrected chi connectivity index (χ2v) is 11.1. The summed E-state index contributed by atoms with van der Waals surface area (Å²) in [5, 5.41) is 1.13. The van der Waals surface area contributed by atoms with Gasteiger partial charge in [0.25, 0.3) is 5.91 Å². The van der Waals surface area contributed by atoms with Gasteiger partial charge in [0.15, 0.2) is 15.0 Å². The number of sulfone groups is 1. The summed E-state index contributed by atoms with van der Waals surface area (Å²) in [5.41, 5.74) is 1.74. The van der Waals surface area contributed by atoms with E-state index in [9.17, 15) is 13.2 Å². The molecule has 7 nitrogen and oxygen atoms in total. The SMILES string of the molecule is Cc1c(Cl)ccc2sc(N(CCN3CCOCC3)C(=O)c3ccccc3S(C)(=O)=O)nc12. The molecule has 0 aliphatic carbocycles. The van der Waals surface area contributed by atoms with Gasteiger partial charge >= 0.3 is 0 Å². The average Bonchev–Trinajstić information content (AvgIpc) is 3.21. The number of rotatable bonds is 6. The molecule has 0 radical (unpaired) electrons. The van der Waals surface area contributed by atoms with Crippen molar-refractivity contribution in [2.24, 2.45) is 0 Å². The van der Waals surface area contributed by atoms with Crippen LogP contribution < -0.4 is 4.90 Å². The summed E-state index contributed by atoms with van der Waals surface area (Å²) in [6.45, 7) is 5.79. The van der Waals surface area contributed by atoms with Crippen LogP contribution in [0, 0.1) is 6.92 Å². The molecule has 4 rings (SSSR count). The molecule has 1 amide bonds. The third-order valence-corrected chi connectivity index (χ3v) is 8.08. The number of halogens is 1. The predicted molar refractivity (Wildman–Crippen MR) is 128 cm³/mol. The zero-order valence-corrected chi connectivity index (χ0v) is 20.3. The summed E-state index contributed by atoms with van der Waals surface area (Å²) in [7, 11) is -3.58. The van der Waals surface area contributed by atoms with Crippen molar-refractivity contribution in [3.05, 3.63) is 52.5 Å². The number of thiazole rings is 1. The number of anilines is 1. The Balaban J connectivity index is 1.74. The Labute approximate surface area is 196 Å². The first-order valence-corrected chi connectivity index (χ1v) is 13.3. The number of aromatic nitrogens is 1. The monoisotopic (exact) mass is 493 g/mol. The fourth-order valence-corrected chi connectivity index (χ4v) is 5.75. The van der Waals surface area contributed by atoms with Crippen LogP contribution in [-0.4, -0.2) is 69.9 Å². The lowest BCUT2D eigenvalue weighted by atomic mass is 10.2. The number of benzene rings is 2. The quantitative estimate of drug-likeness (QED) is 0.521. The third-order valence-electron chi connectivity index (χ3n) is 5.47. The van der Waals surface area contributed by atoms with Crippen LogP contribution in [0.4, 0.5) is 5.13 Å². The molecule has 0 saturated carbocycles. The first-order valence-electron chi connectivity index (χ1n) is 10.2. The van der Waals surface area contributed by atoms with Crippen LogP contribution in [-0.2, 0) is 14.6 Å². The molecule has 1 aliphatic rings. The van der Waals surface area contributed by atoms with Crippen LogP contribution in [0.3, 0.4) is 0 Å². The van der Waals surface area contributed by atoms with Crippen molar-refractivity contribution in [2.75, 3.05) is 50.5 Å². The van der Waals surface area contributed by atoms with E-state index in [4.69, 9.17) is 21.3 Å². The van der Waals surface area contributed by atoms with Crippen LogP contribution in [0.15, 0.2) is 41.3 Å².